The minimum atomic E-state index is 0.328. The second-order valence-corrected chi connectivity index (χ2v) is 7.56. The number of piperazine rings is 1. The van der Waals surface area contributed by atoms with Crippen molar-refractivity contribution in [3.05, 3.63) is 0 Å². The van der Waals surface area contributed by atoms with Crippen molar-refractivity contribution < 1.29 is 4.74 Å². The first-order chi connectivity index (χ1) is 9.12. The van der Waals surface area contributed by atoms with Gasteiger partial charge in [-0.05, 0) is 39.0 Å². The van der Waals surface area contributed by atoms with Gasteiger partial charge < -0.3 is 10.1 Å². The Bertz CT molecular complexity index is 300. The van der Waals surface area contributed by atoms with E-state index in [1.807, 2.05) is 0 Å². The minimum Gasteiger partial charge on any atom is -0.380 e. The van der Waals surface area contributed by atoms with E-state index in [1.54, 1.807) is 0 Å². The number of ether oxygens (including phenoxy) is 1. The van der Waals surface area contributed by atoms with E-state index in [0.717, 1.165) is 32.2 Å². The molecule has 19 heavy (non-hydrogen) atoms. The van der Waals surface area contributed by atoms with Crippen molar-refractivity contribution in [2.75, 3.05) is 39.4 Å². The average molecular weight is 266 g/mol. The molecular formula is C16H30N2O. The highest BCUT2D eigenvalue weighted by atomic mass is 16.5. The highest BCUT2D eigenvalue weighted by Crippen LogP contribution is 2.50. The van der Waals surface area contributed by atoms with Crippen molar-refractivity contribution in [1.82, 2.24) is 10.2 Å². The van der Waals surface area contributed by atoms with Gasteiger partial charge in [-0.2, -0.15) is 0 Å². The molecule has 1 N–H and O–H groups in total. The average Bonchev–Trinajstić information content (AvgIpc) is 2.89. The molecule has 3 nitrogen and oxygen atoms in total. The largest absolute Gasteiger partial charge is 0.380 e. The van der Waals surface area contributed by atoms with Crippen molar-refractivity contribution in [3.63, 3.8) is 0 Å². The summed E-state index contributed by atoms with van der Waals surface area (Å²) in [5, 5.41) is 3.47. The summed E-state index contributed by atoms with van der Waals surface area (Å²) in [6, 6.07) is 0. The molecule has 0 unspecified atom stereocenters. The third kappa shape index (κ3) is 2.70. The second-order valence-electron chi connectivity index (χ2n) is 7.56. The molecule has 0 aromatic rings. The molecule has 0 aromatic carbocycles. The fourth-order valence-electron chi connectivity index (χ4n) is 4.63. The van der Waals surface area contributed by atoms with Gasteiger partial charge in [0.15, 0.2) is 0 Å². The molecule has 0 aromatic heterocycles. The molecule has 2 saturated heterocycles. The summed E-state index contributed by atoms with van der Waals surface area (Å²) in [6.45, 7) is 11.6. The molecule has 1 aliphatic carbocycles. The zero-order valence-electron chi connectivity index (χ0n) is 12.7. The van der Waals surface area contributed by atoms with Gasteiger partial charge in [-0.15, -0.1) is 0 Å². The van der Waals surface area contributed by atoms with E-state index >= 15 is 0 Å². The maximum Gasteiger partial charge on any atom is 0.0548 e. The lowest BCUT2D eigenvalue weighted by atomic mass is 9.66. The van der Waals surface area contributed by atoms with Crippen LogP contribution in [0.5, 0.6) is 0 Å². The van der Waals surface area contributed by atoms with Gasteiger partial charge in [0, 0.05) is 37.1 Å². The maximum absolute atomic E-state index is 5.65. The highest BCUT2D eigenvalue weighted by Gasteiger charge is 2.50. The van der Waals surface area contributed by atoms with E-state index in [2.05, 4.69) is 24.1 Å². The fourth-order valence-corrected chi connectivity index (χ4v) is 4.63. The first kappa shape index (κ1) is 13.8. The molecule has 3 fully saturated rings. The number of nitrogens with one attached hydrogen (secondary N) is 1. The van der Waals surface area contributed by atoms with Gasteiger partial charge in [-0.25, -0.2) is 0 Å². The number of nitrogens with zero attached hydrogens (tertiary/aromatic N) is 1. The van der Waals surface area contributed by atoms with Crippen molar-refractivity contribution >= 4 is 0 Å². The molecule has 110 valence electrons. The van der Waals surface area contributed by atoms with E-state index in [-0.39, 0.29) is 0 Å². The Balaban J connectivity index is 1.67. The number of hydrogen-bond acceptors (Lipinski definition) is 3. The monoisotopic (exact) mass is 266 g/mol. The summed E-state index contributed by atoms with van der Waals surface area (Å²) in [5.41, 5.74) is 0.833. The Morgan fingerprint density at radius 2 is 1.79 bits per heavy atom. The van der Waals surface area contributed by atoms with E-state index in [0.29, 0.717) is 11.0 Å². The number of hydrogen-bond donors (Lipinski definition) is 1. The van der Waals surface area contributed by atoms with E-state index in [9.17, 15) is 0 Å². The molecule has 2 heterocycles. The Kier molecular flexibility index (Phi) is 3.89. The van der Waals surface area contributed by atoms with Crippen LogP contribution in [-0.4, -0.2) is 49.8 Å². The summed E-state index contributed by atoms with van der Waals surface area (Å²) < 4.78 is 5.65. The topological polar surface area (TPSA) is 24.5 Å². The maximum atomic E-state index is 5.65. The first-order valence-electron chi connectivity index (χ1n) is 8.16. The van der Waals surface area contributed by atoms with Gasteiger partial charge >= 0.3 is 0 Å². The zero-order valence-corrected chi connectivity index (χ0v) is 12.7. The lowest BCUT2D eigenvalue weighted by Gasteiger charge is -2.53. The summed E-state index contributed by atoms with van der Waals surface area (Å²) >= 11 is 0. The Hall–Kier alpha value is -0.120. The van der Waals surface area contributed by atoms with Gasteiger partial charge in [0.1, 0.15) is 0 Å². The van der Waals surface area contributed by atoms with Crippen LogP contribution in [0.3, 0.4) is 0 Å². The van der Waals surface area contributed by atoms with Gasteiger partial charge in [0.25, 0.3) is 0 Å². The van der Waals surface area contributed by atoms with Crippen LogP contribution >= 0.6 is 0 Å². The molecule has 3 rings (SSSR count). The van der Waals surface area contributed by atoms with Crippen molar-refractivity contribution in [1.29, 1.82) is 0 Å². The fraction of sp³-hybridized carbons (Fsp3) is 1.00. The van der Waals surface area contributed by atoms with Gasteiger partial charge in [-0.3, -0.25) is 4.90 Å². The van der Waals surface area contributed by atoms with Crippen LogP contribution < -0.4 is 5.32 Å². The van der Waals surface area contributed by atoms with Gasteiger partial charge in [0.05, 0.1) is 13.2 Å². The SMILES string of the molecule is CC(C)(CC1(C2CCCC2)COC1)N1CCNCC1. The van der Waals surface area contributed by atoms with Crippen LogP contribution in [0, 0.1) is 11.3 Å². The van der Waals surface area contributed by atoms with E-state index in [4.69, 9.17) is 4.74 Å². The van der Waals surface area contributed by atoms with Gasteiger partial charge in [-0.1, -0.05) is 12.8 Å². The molecule has 3 heteroatoms. The van der Waals surface area contributed by atoms with Crippen LogP contribution in [0.1, 0.15) is 46.0 Å². The predicted molar refractivity (Wildman–Crippen MR) is 78.3 cm³/mol. The van der Waals surface area contributed by atoms with Crippen LogP contribution in [0.4, 0.5) is 0 Å². The molecule has 3 aliphatic rings. The quantitative estimate of drug-likeness (QED) is 0.845. The Morgan fingerprint density at radius 1 is 1.16 bits per heavy atom. The highest BCUT2D eigenvalue weighted by molar-refractivity contribution is 5.00. The third-order valence-corrected chi connectivity index (χ3v) is 5.76. The molecular weight excluding hydrogens is 236 g/mol. The first-order valence-corrected chi connectivity index (χ1v) is 8.16. The summed E-state index contributed by atoms with van der Waals surface area (Å²) in [7, 11) is 0. The van der Waals surface area contributed by atoms with Crippen LogP contribution in [0.25, 0.3) is 0 Å². The molecule has 2 aliphatic heterocycles. The molecule has 1 saturated carbocycles. The molecule has 0 radical (unpaired) electrons. The molecule has 0 spiro atoms. The summed E-state index contributed by atoms with van der Waals surface area (Å²) in [5.74, 6) is 0.934. The Morgan fingerprint density at radius 3 is 2.32 bits per heavy atom. The van der Waals surface area contributed by atoms with E-state index in [1.165, 1.54) is 45.2 Å². The van der Waals surface area contributed by atoms with Crippen LogP contribution in [0.2, 0.25) is 0 Å². The van der Waals surface area contributed by atoms with Crippen molar-refractivity contribution in [2.24, 2.45) is 11.3 Å². The zero-order chi connectivity index (χ0) is 13.3. The molecule has 0 amide bonds. The van der Waals surface area contributed by atoms with Crippen LogP contribution in [0.15, 0.2) is 0 Å². The van der Waals surface area contributed by atoms with Crippen LogP contribution in [-0.2, 0) is 4.74 Å². The summed E-state index contributed by atoms with van der Waals surface area (Å²) in [6.07, 6.45) is 7.10. The third-order valence-electron chi connectivity index (χ3n) is 5.76. The predicted octanol–water partition coefficient (Wildman–Crippen LogP) is 2.27. The summed E-state index contributed by atoms with van der Waals surface area (Å²) in [4.78, 5) is 2.69. The minimum absolute atomic E-state index is 0.328. The molecule has 0 bridgehead atoms. The van der Waals surface area contributed by atoms with Crippen molar-refractivity contribution in [3.8, 4) is 0 Å². The van der Waals surface area contributed by atoms with E-state index < -0.39 is 0 Å². The Labute approximate surface area is 118 Å². The lowest BCUT2D eigenvalue weighted by molar-refractivity contribution is -0.167. The standard InChI is InChI=1S/C16H30N2O/c1-15(2,18-9-7-17-8-10-18)11-16(12-19-13-16)14-5-3-4-6-14/h14,17H,3-13H2,1-2H3. The lowest BCUT2D eigenvalue weighted by Crippen LogP contribution is -2.59. The second kappa shape index (κ2) is 5.34. The number of rotatable bonds is 4. The van der Waals surface area contributed by atoms with Gasteiger partial charge in [0.2, 0.25) is 0 Å². The smallest absolute Gasteiger partial charge is 0.0548 e. The normalized spacial score (nSPS) is 29.4. The molecule has 0 atom stereocenters. The van der Waals surface area contributed by atoms with Crippen molar-refractivity contribution in [2.45, 2.75) is 51.5 Å².